The number of halogens is 2. The minimum atomic E-state index is 0.500. The van der Waals surface area contributed by atoms with Gasteiger partial charge in [-0.3, -0.25) is 0 Å². The summed E-state index contributed by atoms with van der Waals surface area (Å²) >= 11 is 9.53. The van der Waals surface area contributed by atoms with Crippen molar-refractivity contribution in [2.75, 3.05) is 10.6 Å². The fourth-order valence-corrected chi connectivity index (χ4v) is 2.83. The van der Waals surface area contributed by atoms with Gasteiger partial charge in [0, 0.05) is 21.4 Å². The topological polar surface area (TPSA) is 49.8 Å². The lowest BCUT2D eigenvalue weighted by atomic mass is 10.2. The van der Waals surface area contributed by atoms with Gasteiger partial charge in [0.15, 0.2) is 0 Å². The molecule has 2 N–H and O–H groups in total. The fourth-order valence-electron chi connectivity index (χ4n) is 2.04. The number of nitrogens with one attached hydrogen (secondary N) is 2. The molecule has 0 saturated heterocycles. The van der Waals surface area contributed by atoms with Crippen molar-refractivity contribution in [1.82, 2.24) is 9.97 Å². The number of aryl methyl sites for hydroxylation is 1. The number of rotatable bonds is 4. The van der Waals surface area contributed by atoms with Crippen LogP contribution in [0.1, 0.15) is 5.56 Å². The first-order chi connectivity index (χ1) is 11.1. The number of nitrogens with zero attached hydrogens (tertiary/aromatic N) is 2. The van der Waals surface area contributed by atoms with Crippen molar-refractivity contribution in [1.29, 1.82) is 0 Å². The third kappa shape index (κ3) is 4.21. The molecule has 0 aliphatic carbocycles. The average molecular weight is 390 g/mol. The molecular weight excluding hydrogens is 376 g/mol. The maximum atomic E-state index is 5.98. The van der Waals surface area contributed by atoms with Crippen LogP contribution in [-0.2, 0) is 0 Å². The van der Waals surface area contributed by atoms with Gasteiger partial charge in [0.2, 0.25) is 5.95 Å². The predicted octanol–water partition coefficient (Wildman–Crippen LogP) is 5.69. The Bertz CT molecular complexity index is 838. The van der Waals surface area contributed by atoms with Crippen LogP contribution in [0.2, 0.25) is 5.02 Å². The molecule has 0 unspecified atom stereocenters. The Labute approximate surface area is 148 Å². The first-order valence-electron chi connectivity index (χ1n) is 6.99. The minimum absolute atomic E-state index is 0.500. The van der Waals surface area contributed by atoms with Gasteiger partial charge in [-0.2, -0.15) is 4.98 Å². The van der Waals surface area contributed by atoms with E-state index in [0.29, 0.717) is 16.8 Å². The van der Waals surface area contributed by atoms with Crippen LogP contribution in [-0.4, -0.2) is 9.97 Å². The van der Waals surface area contributed by atoms with Crippen molar-refractivity contribution < 1.29 is 0 Å². The summed E-state index contributed by atoms with van der Waals surface area (Å²) in [5.41, 5.74) is 2.97. The zero-order valence-corrected chi connectivity index (χ0v) is 14.7. The quantitative estimate of drug-likeness (QED) is 0.602. The average Bonchev–Trinajstić information content (AvgIpc) is 2.51. The molecule has 0 spiro atoms. The van der Waals surface area contributed by atoms with Gasteiger partial charge < -0.3 is 10.6 Å². The van der Waals surface area contributed by atoms with Gasteiger partial charge in [-0.25, -0.2) is 4.98 Å². The van der Waals surface area contributed by atoms with Crippen LogP contribution in [0.4, 0.5) is 23.1 Å². The van der Waals surface area contributed by atoms with Gasteiger partial charge >= 0.3 is 0 Å². The van der Waals surface area contributed by atoms with E-state index < -0.39 is 0 Å². The predicted molar refractivity (Wildman–Crippen MR) is 98.9 cm³/mol. The summed E-state index contributed by atoms with van der Waals surface area (Å²) in [5.74, 6) is 1.20. The molecule has 0 aliphatic heterocycles. The van der Waals surface area contributed by atoms with Crippen molar-refractivity contribution in [2.24, 2.45) is 0 Å². The lowest BCUT2D eigenvalue weighted by Gasteiger charge is -2.10. The number of hydrogen-bond acceptors (Lipinski definition) is 4. The second kappa shape index (κ2) is 6.98. The molecule has 2 aromatic carbocycles. The molecule has 116 valence electrons. The second-order valence-corrected chi connectivity index (χ2v) is 6.30. The molecule has 1 heterocycles. The zero-order chi connectivity index (χ0) is 16.2. The Kier molecular flexibility index (Phi) is 4.79. The number of hydrogen-bond donors (Lipinski definition) is 2. The maximum absolute atomic E-state index is 5.98. The van der Waals surface area contributed by atoms with Crippen LogP contribution >= 0.6 is 27.5 Å². The Morgan fingerprint density at radius 2 is 1.91 bits per heavy atom. The number of benzene rings is 2. The summed E-state index contributed by atoms with van der Waals surface area (Å²) in [4.78, 5) is 8.68. The normalized spacial score (nSPS) is 10.4. The van der Waals surface area contributed by atoms with E-state index in [1.807, 2.05) is 49.4 Å². The van der Waals surface area contributed by atoms with Crippen LogP contribution < -0.4 is 10.6 Å². The van der Waals surface area contributed by atoms with Crippen molar-refractivity contribution in [3.05, 3.63) is 69.8 Å². The van der Waals surface area contributed by atoms with Crippen molar-refractivity contribution in [3.63, 3.8) is 0 Å². The lowest BCUT2D eigenvalue weighted by molar-refractivity contribution is 1.16. The standard InChI is InChI=1S/C17H14BrClN4/c1-11-5-6-15(14(18)9-11)22-16-7-8-20-17(23-16)21-13-4-2-3-12(19)10-13/h2-10H,1H3,(H2,20,21,22,23). The van der Waals surface area contributed by atoms with Crippen LogP contribution in [0.3, 0.4) is 0 Å². The van der Waals surface area contributed by atoms with E-state index >= 15 is 0 Å². The first-order valence-corrected chi connectivity index (χ1v) is 8.16. The summed E-state index contributed by atoms with van der Waals surface area (Å²) in [6, 6.07) is 15.3. The van der Waals surface area contributed by atoms with E-state index in [-0.39, 0.29) is 0 Å². The van der Waals surface area contributed by atoms with E-state index in [0.717, 1.165) is 15.8 Å². The summed E-state index contributed by atoms with van der Waals surface area (Å²) in [5, 5.41) is 7.07. The molecule has 23 heavy (non-hydrogen) atoms. The number of anilines is 4. The third-order valence-electron chi connectivity index (χ3n) is 3.12. The Morgan fingerprint density at radius 1 is 1.04 bits per heavy atom. The molecule has 0 radical (unpaired) electrons. The van der Waals surface area contributed by atoms with E-state index in [4.69, 9.17) is 11.6 Å². The molecule has 1 aromatic heterocycles. The zero-order valence-electron chi connectivity index (χ0n) is 12.3. The highest BCUT2D eigenvalue weighted by atomic mass is 79.9. The van der Waals surface area contributed by atoms with E-state index in [1.165, 1.54) is 5.56 Å². The molecule has 3 aromatic rings. The molecular formula is C17H14BrClN4. The lowest BCUT2D eigenvalue weighted by Crippen LogP contribution is -2.00. The monoisotopic (exact) mass is 388 g/mol. The Morgan fingerprint density at radius 3 is 2.70 bits per heavy atom. The van der Waals surface area contributed by atoms with E-state index in [2.05, 4.69) is 42.6 Å². The first kappa shape index (κ1) is 15.8. The molecule has 6 heteroatoms. The molecule has 0 atom stereocenters. The highest BCUT2D eigenvalue weighted by Crippen LogP contribution is 2.26. The third-order valence-corrected chi connectivity index (χ3v) is 4.01. The van der Waals surface area contributed by atoms with E-state index in [1.54, 1.807) is 6.20 Å². The summed E-state index contributed by atoms with van der Waals surface area (Å²) in [6.07, 6.45) is 1.70. The van der Waals surface area contributed by atoms with Gasteiger partial charge in [-0.05, 0) is 64.8 Å². The minimum Gasteiger partial charge on any atom is -0.339 e. The molecule has 0 bridgehead atoms. The molecule has 0 saturated carbocycles. The van der Waals surface area contributed by atoms with Gasteiger partial charge in [0.25, 0.3) is 0 Å². The van der Waals surface area contributed by atoms with Gasteiger partial charge in [-0.15, -0.1) is 0 Å². The van der Waals surface area contributed by atoms with Crippen LogP contribution in [0.15, 0.2) is 59.2 Å². The van der Waals surface area contributed by atoms with Crippen molar-refractivity contribution in [3.8, 4) is 0 Å². The summed E-state index contributed by atoms with van der Waals surface area (Å²) in [6.45, 7) is 2.05. The highest BCUT2D eigenvalue weighted by molar-refractivity contribution is 9.10. The smallest absolute Gasteiger partial charge is 0.229 e. The number of aromatic nitrogens is 2. The molecule has 0 amide bonds. The summed E-state index contributed by atoms with van der Waals surface area (Å²) in [7, 11) is 0. The maximum Gasteiger partial charge on any atom is 0.229 e. The van der Waals surface area contributed by atoms with Gasteiger partial charge in [0.05, 0.1) is 5.69 Å². The van der Waals surface area contributed by atoms with Crippen LogP contribution in [0.5, 0.6) is 0 Å². The molecule has 0 aliphatic rings. The Hall–Kier alpha value is -2.11. The summed E-state index contributed by atoms with van der Waals surface area (Å²) < 4.78 is 0.987. The molecule has 0 fully saturated rings. The van der Waals surface area contributed by atoms with E-state index in [9.17, 15) is 0 Å². The van der Waals surface area contributed by atoms with Crippen molar-refractivity contribution >= 4 is 50.7 Å². The molecule has 4 nitrogen and oxygen atoms in total. The van der Waals surface area contributed by atoms with Gasteiger partial charge in [-0.1, -0.05) is 23.7 Å². The SMILES string of the molecule is Cc1ccc(Nc2ccnc(Nc3cccc(Cl)c3)n2)c(Br)c1. The second-order valence-electron chi connectivity index (χ2n) is 5.01. The van der Waals surface area contributed by atoms with Crippen LogP contribution in [0, 0.1) is 6.92 Å². The highest BCUT2D eigenvalue weighted by Gasteiger charge is 2.04. The Balaban J connectivity index is 1.79. The van der Waals surface area contributed by atoms with Crippen LogP contribution in [0.25, 0.3) is 0 Å². The fraction of sp³-hybridized carbons (Fsp3) is 0.0588. The van der Waals surface area contributed by atoms with Gasteiger partial charge in [0.1, 0.15) is 5.82 Å². The largest absolute Gasteiger partial charge is 0.339 e. The van der Waals surface area contributed by atoms with Crippen molar-refractivity contribution in [2.45, 2.75) is 6.92 Å². The molecule has 3 rings (SSSR count).